The molecule has 3 aromatic rings. The lowest BCUT2D eigenvalue weighted by atomic mass is 10.1. The molecule has 94 valence electrons. The molecular weight excluding hydrogens is 236 g/mol. The maximum atomic E-state index is 5.81. The molecule has 2 aromatic heterocycles. The summed E-state index contributed by atoms with van der Waals surface area (Å²) in [6.07, 6.45) is 5.34. The van der Waals surface area contributed by atoms with Crippen LogP contribution in [0.5, 0.6) is 0 Å². The van der Waals surface area contributed by atoms with Gasteiger partial charge in [-0.1, -0.05) is 30.3 Å². The van der Waals surface area contributed by atoms with Crippen LogP contribution in [0.15, 0.2) is 61.1 Å². The number of hydrogen-bond acceptors (Lipinski definition) is 3. The van der Waals surface area contributed by atoms with Crippen molar-refractivity contribution in [2.45, 2.75) is 6.54 Å². The van der Waals surface area contributed by atoms with E-state index in [2.05, 4.69) is 22.2 Å². The first kappa shape index (κ1) is 11.6. The molecule has 0 bridgehead atoms. The zero-order chi connectivity index (χ0) is 13.1. The standard InChI is InChI=1S/C15H14N4/c16-10-13-11-18-19(14-6-8-17-9-7-14)15(13)12-4-2-1-3-5-12/h1-9,11H,10,16H2. The predicted octanol–water partition coefficient (Wildman–Crippen LogP) is 2.39. The molecule has 0 aliphatic rings. The number of aromatic nitrogens is 3. The third-order valence-corrected chi connectivity index (χ3v) is 3.02. The Labute approximate surface area is 111 Å². The third-order valence-electron chi connectivity index (χ3n) is 3.02. The largest absolute Gasteiger partial charge is 0.326 e. The average Bonchev–Trinajstić information content (AvgIpc) is 2.93. The molecule has 3 rings (SSSR count). The first-order chi connectivity index (χ1) is 9.40. The van der Waals surface area contributed by atoms with Gasteiger partial charge in [0.2, 0.25) is 0 Å². The van der Waals surface area contributed by atoms with Gasteiger partial charge in [-0.3, -0.25) is 4.98 Å². The van der Waals surface area contributed by atoms with E-state index in [4.69, 9.17) is 5.73 Å². The van der Waals surface area contributed by atoms with Crippen LogP contribution >= 0.6 is 0 Å². The number of rotatable bonds is 3. The molecule has 0 amide bonds. The average molecular weight is 250 g/mol. The summed E-state index contributed by atoms with van der Waals surface area (Å²) in [5, 5.41) is 4.44. The SMILES string of the molecule is NCc1cnn(-c2ccncc2)c1-c1ccccc1. The summed E-state index contributed by atoms with van der Waals surface area (Å²) < 4.78 is 1.90. The minimum absolute atomic E-state index is 0.468. The van der Waals surface area contributed by atoms with Crippen molar-refractivity contribution in [2.75, 3.05) is 0 Å². The smallest absolute Gasteiger partial charge is 0.0785 e. The summed E-state index contributed by atoms with van der Waals surface area (Å²) in [5.41, 5.74) is 9.97. The fourth-order valence-corrected chi connectivity index (χ4v) is 2.12. The van der Waals surface area contributed by atoms with E-state index in [0.29, 0.717) is 6.54 Å². The molecule has 1 aromatic carbocycles. The number of nitrogens with two attached hydrogens (primary N) is 1. The Morgan fingerprint density at radius 1 is 1.00 bits per heavy atom. The van der Waals surface area contributed by atoms with E-state index in [9.17, 15) is 0 Å². The van der Waals surface area contributed by atoms with E-state index in [1.54, 1.807) is 12.4 Å². The van der Waals surface area contributed by atoms with E-state index in [0.717, 1.165) is 22.5 Å². The quantitative estimate of drug-likeness (QED) is 0.776. The van der Waals surface area contributed by atoms with Crippen molar-refractivity contribution in [1.82, 2.24) is 14.8 Å². The van der Waals surface area contributed by atoms with Crippen LogP contribution in [0.2, 0.25) is 0 Å². The molecule has 0 radical (unpaired) electrons. The molecule has 2 heterocycles. The van der Waals surface area contributed by atoms with Gasteiger partial charge in [0.15, 0.2) is 0 Å². The van der Waals surface area contributed by atoms with Crippen LogP contribution in [0.1, 0.15) is 5.56 Å². The van der Waals surface area contributed by atoms with Gasteiger partial charge in [-0.2, -0.15) is 5.10 Å². The molecule has 0 atom stereocenters. The van der Waals surface area contributed by atoms with E-state index < -0.39 is 0 Å². The number of pyridine rings is 1. The molecule has 0 saturated carbocycles. The second-order valence-corrected chi connectivity index (χ2v) is 4.21. The molecule has 0 saturated heterocycles. The van der Waals surface area contributed by atoms with Crippen LogP contribution in [-0.2, 0) is 6.54 Å². The van der Waals surface area contributed by atoms with Crippen LogP contribution in [-0.4, -0.2) is 14.8 Å². The van der Waals surface area contributed by atoms with Crippen LogP contribution in [0.3, 0.4) is 0 Å². The lowest BCUT2D eigenvalue weighted by molar-refractivity contribution is 0.884. The zero-order valence-electron chi connectivity index (χ0n) is 10.4. The van der Waals surface area contributed by atoms with Gasteiger partial charge in [0.1, 0.15) is 0 Å². The van der Waals surface area contributed by atoms with Gasteiger partial charge in [0.25, 0.3) is 0 Å². The summed E-state index contributed by atoms with van der Waals surface area (Å²) in [7, 11) is 0. The maximum Gasteiger partial charge on any atom is 0.0785 e. The van der Waals surface area contributed by atoms with Crippen LogP contribution in [0.4, 0.5) is 0 Å². The van der Waals surface area contributed by atoms with Crippen molar-refractivity contribution < 1.29 is 0 Å². The monoisotopic (exact) mass is 250 g/mol. The summed E-state index contributed by atoms with van der Waals surface area (Å²) in [5.74, 6) is 0. The Balaban J connectivity index is 2.20. The highest BCUT2D eigenvalue weighted by molar-refractivity contribution is 5.65. The van der Waals surface area contributed by atoms with Crippen molar-refractivity contribution in [3.8, 4) is 16.9 Å². The van der Waals surface area contributed by atoms with Crippen LogP contribution < -0.4 is 5.73 Å². The van der Waals surface area contributed by atoms with Crippen molar-refractivity contribution in [3.05, 3.63) is 66.6 Å². The Morgan fingerprint density at radius 2 is 1.74 bits per heavy atom. The van der Waals surface area contributed by atoms with E-state index >= 15 is 0 Å². The van der Waals surface area contributed by atoms with E-state index in [-0.39, 0.29) is 0 Å². The van der Waals surface area contributed by atoms with Crippen molar-refractivity contribution >= 4 is 0 Å². The summed E-state index contributed by atoms with van der Waals surface area (Å²) in [6, 6.07) is 14.0. The highest BCUT2D eigenvalue weighted by atomic mass is 15.3. The van der Waals surface area contributed by atoms with E-state index in [1.807, 2.05) is 41.2 Å². The summed E-state index contributed by atoms with van der Waals surface area (Å²) in [6.45, 7) is 0.468. The molecule has 4 nitrogen and oxygen atoms in total. The summed E-state index contributed by atoms with van der Waals surface area (Å²) in [4.78, 5) is 4.03. The van der Waals surface area contributed by atoms with Crippen LogP contribution in [0.25, 0.3) is 16.9 Å². The summed E-state index contributed by atoms with van der Waals surface area (Å²) >= 11 is 0. The normalized spacial score (nSPS) is 10.6. The number of benzene rings is 1. The Morgan fingerprint density at radius 3 is 2.42 bits per heavy atom. The Bertz CT molecular complexity index is 659. The fourth-order valence-electron chi connectivity index (χ4n) is 2.12. The van der Waals surface area contributed by atoms with Gasteiger partial charge in [-0.05, 0) is 12.1 Å². The Kier molecular flexibility index (Phi) is 3.08. The maximum absolute atomic E-state index is 5.81. The molecule has 0 spiro atoms. The lowest BCUT2D eigenvalue weighted by Crippen LogP contribution is -2.02. The molecule has 0 unspecified atom stereocenters. The number of hydrogen-bond donors (Lipinski definition) is 1. The first-order valence-corrected chi connectivity index (χ1v) is 6.13. The van der Waals surface area contributed by atoms with Gasteiger partial charge in [0, 0.05) is 30.1 Å². The van der Waals surface area contributed by atoms with Gasteiger partial charge < -0.3 is 5.73 Å². The highest BCUT2D eigenvalue weighted by Crippen LogP contribution is 2.25. The molecular formula is C15H14N4. The fraction of sp³-hybridized carbons (Fsp3) is 0.0667. The van der Waals surface area contributed by atoms with Crippen molar-refractivity contribution in [1.29, 1.82) is 0 Å². The van der Waals surface area contributed by atoms with Gasteiger partial charge >= 0.3 is 0 Å². The van der Waals surface area contributed by atoms with Crippen LogP contribution in [0, 0.1) is 0 Å². The minimum atomic E-state index is 0.468. The predicted molar refractivity (Wildman–Crippen MR) is 74.7 cm³/mol. The molecule has 2 N–H and O–H groups in total. The van der Waals surface area contributed by atoms with Gasteiger partial charge in [-0.15, -0.1) is 0 Å². The van der Waals surface area contributed by atoms with E-state index in [1.165, 1.54) is 0 Å². The minimum Gasteiger partial charge on any atom is -0.326 e. The highest BCUT2D eigenvalue weighted by Gasteiger charge is 2.12. The molecule has 19 heavy (non-hydrogen) atoms. The second-order valence-electron chi connectivity index (χ2n) is 4.21. The lowest BCUT2D eigenvalue weighted by Gasteiger charge is -2.09. The second kappa shape index (κ2) is 5.04. The molecule has 0 aliphatic carbocycles. The zero-order valence-corrected chi connectivity index (χ0v) is 10.4. The third kappa shape index (κ3) is 2.13. The van der Waals surface area contributed by atoms with Crippen molar-refractivity contribution in [2.24, 2.45) is 5.73 Å². The Hall–Kier alpha value is -2.46. The topological polar surface area (TPSA) is 56.7 Å². The van der Waals surface area contributed by atoms with Gasteiger partial charge in [0.05, 0.1) is 17.6 Å². The van der Waals surface area contributed by atoms with Crippen molar-refractivity contribution in [3.63, 3.8) is 0 Å². The molecule has 4 heteroatoms. The van der Waals surface area contributed by atoms with Gasteiger partial charge in [-0.25, -0.2) is 4.68 Å². The first-order valence-electron chi connectivity index (χ1n) is 6.13. The molecule has 0 fully saturated rings. The molecule has 0 aliphatic heterocycles. The number of nitrogens with zero attached hydrogens (tertiary/aromatic N) is 3.